The molecule has 0 bridgehead atoms. The molecule has 2 amide bonds. The lowest BCUT2D eigenvalue weighted by Crippen LogP contribution is -2.30. The maximum absolute atomic E-state index is 13.4. The summed E-state index contributed by atoms with van der Waals surface area (Å²) in [5.41, 5.74) is 4.27. The molecule has 4 rings (SSSR count). The van der Waals surface area contributed by atoms with Crippen molar-refractivity contribution in [2.24, 2.45) is 5.10 Å². The van der Waals surface area contributed by atoms with E-state index in [4.69, 9.17) is 16.3 Å². The predicted octanol–water partition coefficient (Wildman–Crippen LogP) is 7.22. The Morgan fingerprint density at radius 1 is 1.02 bits per heavy atom. The van der Waals surface area contributed by atoms with Gasteiger partial charge in [-0.15, -0.1) is 0 Å². The SMILES string of the molecule is COCCNCCCSCc1cccc(C(=O)Nc2ccc(N3CCCCC3)cc2C(=O)NN=Cc2ccc(Cl)c(C(F)(F)F)c2)c1. The van der Waals surface area contributed by atoms with Crippen molar-refractivity contribution in [3.8, 4) is 0 Å². The van der Waals surface area contributed by atoms with E-state index in [1.165, 1.54) is 6.07 Å². The third-order valence-electron chi connectivity index (χ3n) is 7.48. The lowest BCUT2D eigenvalue weighted by Gasteiger charge is -2.29. The summed E-state index contributed by atoms with van der Waals surface area (Å²) >= 11 is 7.50. The molecule has 0 radical (unpaired) electrons. The maximum Gasteiger partial charge on any atom is 0.417 e. The van der Waals surface area contributed by atoms with E-state index in [1.807, 2.05) is 24.3 Å². The van der Waals surface area contributed by atoms with Crippen molar-refractivity contribution in [3.63, 3.8) is 0 Å². The molecule has 252 valence electrons. The Kier molecular flexibility index (Phi) is 14.0. The first-order valence-corrected chi connectivity index (χ1v) is 17.0. The van der Waals surface area contributed by atoms with Gasteiger partial charge in [-0.3, -0.25) is 9.59 Å². The molecule has 13 heteroatoms. The smallest absolute Gasteiger partial charge is 0.383 e. The van der Waals surface area contributed by atoms with Gasteiger partial charge < -0.3 is 20.3 Å². The van der Waals surface area contributed by atoms with E-state index in [0.29, 0.717) is 12.2 Å². The molecular weight excluding hydrogens is 651 g/mol. The van der Waals surface area contributed by atoms with Crippen LogP contribution in [-0.2, 0) is 16.7 Å². The summed E-state index contributed by atoms with van der Waals surface area (Å²) in [5, 5.41) is 9.65. The second-order valence-corrected chi connectivity index (χ2v) is 12.5. The van der Waals surface area contributed by atoms with Gasteiger partial charge in [-0.1, -0.05) is 29.8 Å². The number of carbonyl (C=O) groups is 2. The standard InChI is InChI=1S/C34H39ClF3N5O3S/c1-46-17-14-39-13-6-18-47-23-25-7-5-8-26(19-25)32(44)41-31-12-10-27(43-15-3-2-4-16-43)21-28(31)33(45)42-40-22-24-9-11-30(35)29(20-24)34(36,37)38/h5,7-12,19-22,39H,2-4,6,13-18,23H2,1H3,(H,41,44)(H,42,45). The minimum atomic E-state index is -4.63. The maximum atomic E-state index is 13.4. The Hall–Kier alpha value is -3.58. The number of anilines is 2. The van der Waals surface area contributed by atoms with Gasteiger partial charge in [0.2, 0.25) is 0 Å². The number of piperidine rings is 1. The molecular formula is C34H39ClF3N5O3S. The Balaban J connectivity index is 1.45. The molecule has 3 N–H and O–H groups in total. The summed E-state index contributed by atoms with van der Waals surface area (Å²) in [6.07, 6.45) is 0.697. The van der Waals surface area contributed by atoms with Crippen LogP contribution in [0.1, 0.15) is 63.1 Å². The van der Waals surface area contributed by atoms with E-state index in [0.717, 1.165) is 93.0 Å². The molecule has 1 aliphatic rings. The molecule has 1 aliphatic heterocycles. The highest BCUT2D eigenvalue weighted by atomic mass is 35.5. The largest absolute Gasteiger partial charge is 0.417 e. The lowest BCUT2D eigenvalue weighted by molar-refractivity contribution is -0.137. The third-order valence-corrected chi connectivity index (χ3v) is 8.92. The van der Waals surface area contributed by atoms with E-state index in [9.17, 15) is 22.8 Å². The average molecular weight is 690 g/mol. The molecule has 0 atom stereocenters. The van der Waals surface area contributed by atoms with Gasteiger partial charge >= 0.3 is 6.18 Å². The second-order valence-electron chi connectivity index (χ2n) is 11.0. The first kappa shape index (κ1) is 36.3. The number of hydrogen-bond donors (Lipinski definition) is 3. The van der Waals surface area contributed by atoms with Crippen LogP contribution >= 0.6 is 23.4 Å². The van der Waals surface area contributed by atoms with Gasteiger partial charge in [0.15, 0.2) is 0 Å². The highest BCUT2D eigenvalue weighted by molar-refractivity contribution is 7.98. The monoisotopic (exact) mass is 689 g/mol. The number of rotatable bonds is 15. The minimum absolute atomic E-state index is 0.106. The van der Waals surface area contributed by atoms with Crippen LogP contribution in [0.15, 0.2) is 65.8 Å². The number of nitrogens with one attached hydrogen (secondary N) is 3. The van der Waals surface area contributed by atoms with Crippen LogP contribution in [0.2, 0.25) is 5.02 Å². The number of benzene rings is 3. The zero-order valence-corrected chi connectivity index (χ0v) is 27.7. The van der Waals surface area contributed by atoms with Gasteiger partial charge in [0.05, 0.1) is 34.7 Å². The molecule has 0 aliphatic carbocycles. The Bertz CT molecular complexity index is 1530. The van der Waals surface area contributed by atoms with Crippen LogP contribution in [0, 0.1) is 0 Å². The second kappa shape index (κ2) is 18.1. The van der Waals surface area contributed by atoms with Crippen molar-refractivity contribution >= 4 is 52.8 Å². The summed E-state index contributed by atoms with van der Waals surface area (Å²) in [6, 6.07) is 16.0. The third kappa shape index (κ3) is 11.3. The van der Waals surface area contributed by atoms with Crippen molar-refractivity contribution in [3.05, 3.63) is 93.5 Å². The molecule has 47 heavy (non-hydrogen) atoms. The van der Waals surface area contributed by atoms with E-state index in [-0.39, 0.29) is 22.7 Å². The quantitative estimate of drug-likeness (QED) is 0.0886. The molecule has 8 nitrogen and oxygen atoms in total. The highest BCUT2D eigenvalue weighted by Crippen LogP contribution is 2.35. The number of methoxy groups -OCH3 is 1. The number of hydrogen-bond acceptors (Lipinski definition) is 7. The molecule has 0 saturated carbocycles. The zero-order chi connectivity index (χ0) is 33.6. The van der Waals surface area contributed by atoms with E-state index in [1.54, 1.807) is 37.1 Å². The van der Waals surface area contributed by atoms with Crippen molar-refractivity contribution in [1.29, 1.82) is 0 Å². The van der Waals surface area contributed by atoms with Crippen LogP contribution < -0.4 is 21.0 Å². The van der Waals surface area contributed by atoms with Crippen molar-refractivity contribution in [2.45, 2.75) is 37.6 Å². The first-order chi connectivity index (χ1) is 22.7. The molecule has 1 fully saturated rings. The van der Waals surface area contributed by atoms with Crippen LogP contribution in [0.5, 0.6) is 0 Å². The fraction of sp³-hybridized carbons (Fsp3) is 0.382. The van der Waals surface area contributed by atoms with Crippen LogP contribution in [0.4, 0.5) is 24.5 Å². The molecule has 1 heterocycles. The number of halogens is 4. The van der Waals surface area contributed by atoms with Crippen LogP contribution in [0.25, 0.3) is 0 Å². The van der Waals surface area contributed by atoms with Crippen molar-refractivity contribution < 1.29 is 27.5 Å². The summed E-state index contributed by atoms with van der Waals surface area (Å²) in [7, 11) is 1.68. The molecule has 0 aromatic heterocycles. The Morgan fingerprint density at radius 3 is 2.60 bits per heavy atom. The van der Waals surface area contributed by atoms with Gasteiger partial charge in [-0.2, -0.15) is 30.0 Å². The van der Waals surface area contributed by atoms with Gasteiger partial charge in [0.1, 0.15) is 0 Å². The molecule has 3 aromatic carbocycles. The van der Waals surface area contributed by atoms with E-state index in [2.05, 4.69) is 26.1 Å². The van der Waals surface area contributed by atoms with Gasteiger partial charge in [0.25, 0.3) is 11.8 Å². The number of ether oxygens (including phenoxy) is 1. The highest BCUT2D eigenvalue weighted by Gasteiger charge is 2.33. The fourth-order valence-corrected chi connectivity index (χ4v) is 6.16. The van der Waals surface area contributed by atoms with E-state index < -0.39 is 22.7 Å². The van der Waals surface area contributed by atoms with E-state index >= 15 is 0 Å². The van der Waals surface area contributed by atoms with Gasteiger partial charge in [-0.25, -0.2) is 5.43 Å². The molecule has 3 aromatic rings. The summed E-state index contributed by atoms with van der Waals surface area (Å²) in [4.78, 5) is 28.9. The van der Waals surface area contributed by atoms with Gasteiger partial charge in [0, 0.05) is 43.7 Å². The van der Waals surface area contributed by atoms with Crippen molar-refractivity contribution in [2.75, 3.05) is 55.9 Å². The number of nitrogens with zero attached hydrogens (tertiary/aromatic N) is 2. The average Bonchev–Trinajstić information content (AvgIpc) is 3.07. The summed E-state index contributed by atoms with van der Waals surface area (Å²) in [5.74, 6) is 0.737. The molecule has 0 unspecified atom stereocenters. The minimum Gasteiger partial charge on any atom is -0.383 e. The number of alkyl halides is 3. The Morgan fingerprint density at radius 2 is 1.83 bits per heavy atom. The zero-order valence-electron chi connectivity index (χ0n) is 26.2. The summed E-state index contributed by atoms with van der Waals surface area (Å²) < 4.78 is 44.8. The normalized spacial score (nSPS) is 13.6. The van der Waals surface area contributed by atoms with Crippen LogP contribution in [-0.4, -0.2) is 63.7 Å². The molecule has 0 spiro atoms. The molecule has 1 saturated heterocycles. The lowest BCUT2D eigenvalue weighted by atomic mass is 10.1. The Labute approximate surface area is 282 Å². The number of hydrazone groups is 1. The number of thioether (sulfide) groups is 1. The van der Waals surface area contributed by atoms with Crippen molar-refractivity contribution in [1.82, 2.24) is 10.7 Å². The predicted molar refractivity (Wildman–Crippen MR) is 184 cm³/mol. The number of amides is 2. The van der Waals surface area contributed by atoms with Gasteiger partial charge in [-0.05, 0) is 91.6 Å². The topological polar surface area (TPSA) is 95.1 Å². The number of carbonyl (C=O) groups excluding carboxylic acids is 2. The van der Waals surface area contributed by atoms with Crippen LogP contribution in [0.3, 0.4) is 0 Å². The summed E-state index contributed by atoms with van der Waals surface area (Å²) in [6.45, 7) is 4.11. The first-order valence-electron chi connectivity index (χ1n) is 15.4. The fourth-order valence-electron chi connectivity index (χ4n) is 5.03.